The Bertz CT molecular complexity index is 76.2. The highest BCUT2D eigenvalue weighted by atomic mass is 16.2. The minimum atomic E-state index is 0.362. The predicted molar refractivity (Wildman–Crippen MR) is 57.9 cm³/mol. The van der Waals surface area contributed by atoms with Gasteiger partial charge in [-0.3, -0.25) is 0 Å². The van der Waals surface area contributed by atoms with E-state index in [4.69, 9.17) is 5.11 Å². The summed E-state index contributed by atoms with van der Waals surface area (Å²) in [5, 5.41) is 11.9. The smallest absolute Gasteiger partial charge is 0.0431 e. The van der Waals surface area contributed by atoms with Crippen molar-refractivity contribution in [2.24, 2.45) is 0 Å². The quantitative estimate of drug-likeness (QED) is 0.514. The summed E-state index contributed by atoms with van der Waals surface area (Å²) in [6.45, 7) is 4.78. The highest BCUT2D eigenvalue weighted by molar-refractivity contribution is 4.48. The number of hydrogen-bond donors (Lipinski definition) is 2. The molecule has 0 aromatic heterocycles. The van der Waals surface area contributed by atoms with Crippen LogP contribution < -0.4 is 5.32 Å². The molecule has 0 rings (SSSR count). The molecule has 0 fully saturated rings. The molecule has 0 aromatic carbocycles. The van der Waals surface area contributed by atoms with Crippen LogP contribution in [0.25, 0.3) is 0 Å². The van der Waals surface area contributed by atoms with Crippen LogP contribution in [0.4, 0.5) is 0 Å². The third-order valence-corrected chi connectivity index (χ3v) is 2.26. The van der Waals surface area contributed by atoms with E-state index in [-0.39, 0.29) is 0 Å². The molecule has 0 aliphatic rings. The lowest BCUT2D eigenvalue weighted by molar-refractivity contribution is 0.282. The van der Waals surface area contributed by atoms with Gasteiger partial charge >= 0.3 is 0 Å². The van der Waals surface area contributed by atoms with Gasteiger partial charge in [0.15, 0.2) is 0 Å². The molecule has 0 spiro atoms. The van der Waals surface area contributed by atoms with Crippen molar-refractivity contribution in [1.82, 2.24) is 5.32 Å². The average Bonchev–Trinajstić information content (AvgIpc) is 2.16. The summed E-state index contributed by atoms with van der Waals surface area (Å²) in [5.41, 5.74) is 0. The van der Waals surface area contributed by atoms with E-state index in [2.05, 4.69) is 12.2 Å². The van der Waals surface area contributed by atoms with E-state index in [1.54, 1.807) is 0 Å². The van der Waals surface area contributed by atoms with E-state index >= 15 is 0 Å². The van der Waals surface area contributed by atoms with Gasteiger partial charge in [0.2, 0.25) is 0 Å². The van der Waals surface area contributed by atoms with Crippen molar-refractivity contribution in [1.29, 1.82) is 0 Å². The zero-order valence-electron chi connectivity index (χ0n) is 9.02. The first-order valence-corrected chi connectivity index (χ1v) is 5.73. The van der Waals surface area contributed by atoms with Crippen molar-refractivity contribution in [3.8, 4) is 0 Å². The maximum atomic E-state index is 8.56. The van der Waals surface area contributed by atoms with Crippen molar-refractivity contribution in [2.75, 3.05) is 19.7 Å². The Labute approximate surface area is 82.7 Å². The summed E-state index contributed by atoms with van der Waals surface area (Å²) < 4.78 is 0. The molecule has 0 aliphatic carbocycles. The first-order valence-electron chi connectivity index (χ1n) is 5.73. The van der Waals surface area contributed by atoms with E-state index in [0.717, 1.165) is 13.0 Å². The first kappa shape index (κ1) is 12.9. The van der Waals surface area contributed by atoms with Crippen molar-refractivity contribution < 1.29 is 5.11 Å². The second kappa shape index (κ2) is 11.9. The van der Waals surface area contributed by atoms with Gasteiger partial charge in [-0.1, -0.05) is 39.0 Å². The molecule has 0 aromatic rings. The standard InChI is InChI=1S/C11H25NO/c1-2-12-10-8-6-4-3-5-7-9-11-13/h12-13H,2-11H2,1H3. The van der Waals surface area contributed by atoms with Crippen LogP contribution in [0.2, 0.25) is 0 Å². The fourth-order valence-corrected chi connectivity index (χ4v) is 1.42. The third-order valence-electron chi connectivity index (χ3n) is 2.26. The molecule has 2 N–H and O–H groups in total. The van der Waals surface area contributed by atoms with Crippen LogP contribution >= 0.6 is 0 Å². The Morgan fingerprint density at radius 3 is 1.92 bits per heavy atom. The normalized spacial score (nSPS) is 10.6. The fourth-order valence-electron chi connectivity index (χ4n) is 1.42. The van der Waals surface area contributed by atoms with Gasteiger partial charge in [-0.05, 0) is 25.9 Å². The topological polar surface area (TPSA) is 32.3 Å². The lowest BCUT2D eigenvalue weighted by Gasteiger charge is -2.01. The summed E-state index contributed by atoms with van der Waals surface area (Å²) in [5.74, 6) is 0. The Morgan fingerprint density at radius 2 is 1.38 bits per heavy atom. The SMILES string of the molecule is CCNCCCCCCCCCO. The van der Waals surface area contributed by atoms with Crippen LogP contribution in [-0.2, 0) is 0 Å². The Balaban J connectivity index is 2.76. The Hall–Kier alpha value is -0.0800. The zero-order chi connectivity index (χ0) is 9.78. The molecule has 0 bridgehead atoms. The third kappa shape index (κ3) is 11.9. The van der Waals surface area contributed by atoms with Crippen LogP contribution in [0.5, 0.6) is 0 Å². The largest absolute Gasteiger partial charge is 0.396 e. The molecule has 0 amide bonds. The van der Waals surface area contributed by atoms with Gasteiger partial charge in [0.1, 0.15) is 0 Å². The van der Waals surface area contributed by atoms with Crippen molar-refractivity contribution >= 4 is 0 Å². The number of aliphatic hydroxyl groups excluding tert-OH is 1. The second-order valence-electron chi connectivity index (χ2n) is 3.55. The highest BCUT2D eigenvalue weighted by Gasteiger charge is 1.90. The van der Waals surface area contributed by atoms with Crippen molar-refractivity contribution in [2.45, 2.75) is 51.9 Å². The minimum absolute atomic E-state index is 0.362. The molecule has 0 saturated heterocycles. The lowest BCUT2D eigenvalue weighted by Crippen LogP contribution is -2.13. The number of hydrogen-bond acceptors (Lipinski definition) is 2. The number of rotatable bonds is 10. The molecule has 2 heteroatoms. The molecule has 2 nitrogen and oxygen atoms in total. The van der Waals surface area contributed by atoms with Gasteiger partial charge in [0.25, 0.3) is 0 Å². The summed E-state index contributed by atoms with van der Waals surface area (Å²) >= 11 is 0. The molecular weight excluding hydrogens is 162 g/mol. The van der Waals surface area contributed by atoms with Crippen LogP contribution in [0.15, 0.2) is 0 Å². The maximum absolute atomic E-state index is 8.56. The van der Waals surface area contributed by atoms with E-state index in [1.165, 1.54) is 45.1 Å². The molecule has 0 aliphatic heterocycles. The van der Waals surface area contributed by atoms with Crippen molar-refractivity contribution in [3.05, 3.63) is 0 Å². The van der Waals surface area contributed by atoms with Crippen LogP contribution in [-0.4, -0.2) is 24.8 Å². The number of aliphatic hydroxyl groups is 1. The zero-order valence-corrected chi connectivity index (χ0v) is 9.02. The second-order valence-corrected chi connectivity index (χ2v) is 3.55. The molecular formula is C11H25NO. The van der Waals surface area contributed by atoms with E-state index in [0.29, 0.717) is 6.61 Å². The molecule has 13 heavy (non-hydrogen) atoms. The van der Waals surface area contributed by atoms with E-state index in [1.807, 2.05) is 0 Å². The number of nitrogens with one attached hydrogen (secondary N) is 1. The van der Waals surface area contributed by atoms with Crippen LogP contribution in [0.3, 0.4) is 0 Å². The molecule has 0 atom stereocenters. The molecule has 0 radical (unpaired) electrons. The molecule has 0 saturated carbocycles. The lowest BCUT2D eigenvalue weighted by atomic mass is 10.1. The minimum Gasteiger partial charge on any atom is -0.396 e. The van der Waals surface area contributed by atoms with Gasteiger partial charge in [0, 0.05) is 6.61 Å². The van der Waals surface area contributed by atoms with Gasteiger partial charge in [-0.2, -0.15) is 0 Å². The molecule has 0 heterocycles. The van der Waals surface area contributed by atoms with Gasteiger partial charge in [0.05, 0.1) is 0 Å². The first-order chi connectivity index (χ1) is 6.41. The fraction of sp³-hybridized carbons (Fsp3) is 1.00. The monoisotopic (exact) mass is 187 g/mol. The van der Waals surface area contributed by atoms with Crippen LogP contribution in [0, 0.1) is 0 Å². The van der Waals surface area contributed by atoms with Gasteiger partial charge in [-0.15, -0.1) is 0 Å². The number of unbranched alkanes of at least 4 members (excludes halogenated alkanes) is 6. The highest BCUT2D eigenvalue weighted by Crippen LogP contribution is 2.06. The summed E-state index contributed by atoms with van der Waals surface area (Å²) in [7, 11) is 0. The summed E-state index contributed by atoms with van der Waals surface area (Å²) in [6, 6.07) is 0. The van der Waals surface area contributed by atoms with Gasteiger partial charge < -0.3 is 10.4 Å². The van der Waals surface area contributed by atoms with E-state index in [9.17, 15) is 0 Å². The molecule has 0 unspecified atom stereocenters. The molecule has 80 valence electrons. The van der Waals surface area contributed by atoms with Gasteiger partial charge in [-0.25, -0.2) is 0 Å². The van der Waals surface area contributed by atoms with Crippen molar-refractivity contribution in [3.63, 3.8) is 0 Å². The summed E-state index contributed by atoms with van der Waals surface area (Å²) in [4.78, 5) is 0. The predicted octanol–water partition coefficient (Wildman–Crippen LogP) is 2.32. The Kier molecular flexibility index (Phi) is 11.8. The average molecular weight is 187 g/mol. The Morgan fingerprint density at radius 1 is 0.846 bits per heavy atom. The maximum Gasteiger partial charge on any atom is 0.0431 e. The summed E-state index contributed by atoms with van der Waals surface area (Å²) in [6.07, 6.45) is 8.84. The van der Waals surface area contributed by atoms with E-state index < -0.39 is 0 Å². The van der Waals surface area contributed by atoms with Crippen LogP contribution in [0.1, 0.15) is 51.9 Å².